The number of benzene rings is 6. The van der Waals surface area contributed by atoms with E-state index in [9.17, 15) is 0 Å². The molecule has 0 saturated heterocycles. The van der Waals surface area contributed by atoms with Crippen LogP contribution in [-0.2, 0) is 6.54 Å². The second kappa shape index (κ2) is 9.65. The first-order chi connectivity index (χ1) is 21.8. The summed E-state index contributed by atoms with van der Waals surface area (Å²) in [5.41, 5.74) is 9.86. The van der Waals surface area contributed by atoms with Gasteiger partial charge in [-0.25, -0.2) is 9.97 Å². The lowest BCUT2D eigenvalue weighted by Crippen LogP contribution is -1.98. The van der Waals surface area contributed by atoms with Crippen LogP contribution >= 0.6 is 0 Å². The van der Waals surface area contributed by atoms with Crippen molar-refractivity contribution in [2.75, 3.05) is 0 Å². The summed E-state index contributed by atoms with van der Waals surface area (Å²) in [5, 5.41) is 6.04. The van der Waals surface area contributed by atoms with Gasteiger partial charge in [0.1, 0.15) is 5.82 Å². The van der Waals surface area contributed by atoms with Gasteiger partial charge in [-0.2, -0.15) is 0 Å². The van der Waals surface area contributed by atoms with E-state index in [-0.39, 0.29) is 0 Å². The van der Waals surface area contributed by atoms with Crippen LogP contribution in [0.1, 0.15) is 6.92 Å². The van der Waals surface area contributed by atoms with E-state index in [0.717, 1.165) is 62.2 Å². The zero-order chi connectivity index (χ0) is 29.2. The maximum absolute atomic E-state index is 5.31. The fourth-order valence-electron chi connectivity index (χ4n) is 7.00. The van der Waals surface area contributed by atoms with Gasteiger partial charge in [-0.05, 0) is 55.5 Å². The van der Waals surface area contributed by atoms with Gasteiger partial charge in [0.2, 0.25) is 0 Å². The SMILES string of the molecule is CCn1c(-c2cccc(-c3nc4ccccc4c4c3ccc3c4c4ccccc4n3-c3ccccc3)c2)nc2ccccc21. The number of aromatic nitrogens is 4. The van der Waals surface area contributed by atoms with E-state index < -0.39 is 0 Å². The van der Waals surface area contributed by atoms with Gasteiger partial charge >= 0.3 is 0 Å². The molecule has 4 heteroatoms. The largest absolute Gasteiger partial charge is 0.324 e. The summed E-state index contributed by atoms with van der Waals surface area (Å²) < 4.78 is 4.68. The number of nitrogens with zero attached hydrogens (tertiary/aromatic N) is 4. The van der Waals surface area contributed by atoms with Gasteiger partial charge in [-0.15, -0.1) is 0 Å². The quantitative estimate of drug-likeness (QED) is 0.199. The van der Waals surface area contributed by atoms with Gasteiger partial charge in [0.05, 0.1) is 33.3 Å². The van der Waals surface area contributed by atoms with Crippen LogP contribution in [0.5, 0.6) is 0 Å². The van der Waals surface area contributed by atoms with Gasteiger partial charge in [0.25, 0.3) is 0 Å². The molecular weight excluding hydrogens is 536 g/mol. The molecule has 0 unspecified atom stereocenters. The highest BCUT2D eigenvalue weighted by atomic mass is 15.1. The van der Waals surface area contributed by atoms with E-state index in [0.29, 0.717) is 0 Å². The Morgan fingerprint density at radius 1 is 0.500 bits per heavy atom. The Labute approximate surface area is 254 Å². The number of rotatable bonds is 4. The van der Waals surface area contributed by atoms with E-state index in [4.69, 9.17) is 9.97 Å². The molecule has 0 aliphatic carbocycles. The molecule has 0 saturated carbocycles. The molecule has 9 rings (SSSR count). The molecule has 0 radical (unpaired) electrons. The van der Waals surface area contributed by atoms with Crippen molar-refractivity contribution in [2.45, 2.75) is 13.5 Å². The average Bonchev–Trinajstić information content (AvgIpc) is 3.64. The van der Waals surface area contributed by atoms with E-state index in [1.165, 1.54) is 27.2 Å². The van der Waals surface area contributed by atoms with Crippen LogP contribution < -0.4 is 0 Å². The molecule has 0 fully saturated rings. The number of imidazole rings is 1. The van der Waals surface area contributed by atoms with Gasteiger partial charge in [0.15, 0.2) is 0 Å². The fraction of sp³-hybridized carbons (Fsp3) is 0.0500. The fourth-order valence-corrected chi connectivity index (χ4v) is 7.00. The van der Waals surface area contributed by atoms with Crippen molar-refractivity contribution in [3.8, 4) is 28.3 Å². The minimum atomic E-state index is 0.848. The second-order valence-corrected chi connectivity index (χ2v) is 11.3. The minimum absolute atomic E-state index is 0.848. The molecule has 3 heterocycles. The summed E-state index contributed by atoms with van der Waals surface area (Å²) in [6.45, 7) is 3.03. The molecule has 208 valence electrons. The minimum Gasteiger partial charge on any atom is -0.324 e. The monoisotopic (exact) mass is 564 g/mol. The molecule has 6 aromatic carbocycles. The molecule has 0 aliphatic rings. The van der Waals surface area contributed by atoms with Crippen LogP contribution in [0.25, 0.3) is 82.8 Å². The van der Waals surface area contributed by atoms with Crippen LogP contribution in [0, 0.1) is 0 Å². The standard InChI is InChI=1S/C40H28N4/c1-2-43-35-22-11-9-20-33(35)42-40(43)27-14-12-13-26(25-27)39-31-23-24-36-38(37(31)29-17-6-8-19-32(29)41-39)30-18-7-10-21-34(30)44(36)28-15-4-3-5-16-28/h3-25H,2H2,1H3. The molecule has 4 nitrogen and oxygen atoms in total. The van der Waals surface area contributed by atoms with Crippen molar-refractivity contribution in [1.82, 2.24) is 19.1 Å². The topological polar surface area (TPSA) is 35.6 Å². The van der Waals surface area contributed by atoms with Crippen molar-refractivity contribution < 1.29 is 0 Å². The van der Waals surface area contributed by atoms with Gasteiger partial charge < -0.3 is 9.13 Å². The van der Waals surface area contributed by atoms with Gasteiger partial charge in [0, 0.05) is 50.3 Å². The molecule has 3 aromatic heterocycles. The summed E-state index contributed by atoms with van der Waals surface area (Å²) >= 11 is 0. The Morgan fingerprint density at radius 3 is 2.05 bits per heavy atom. The van der Waals surface area contributed by atoms with E-state index in [1.807, 2.05) is 0 Å². The maximum atomic E-state index is 5.31. The number of pyridine rings is 1. The predicted molar refractivity (Wildman–Crippen MR) is 183 cm³/mol. The van der Waals surface area contributed by atoms with Crippen molar-refractivity contribution >= 4 is 54.5 Å². The Morgan fingerprint density at radius 2 is 1.20 bits per heavy atom. The Hall–Kier alpha value is -5.74. The molecule has 9 aromatic rings. The summed E-state index contributed by atoms with van der Waals surface area (Å²) in [5.74, 6) is 0.981. The summed E-state index contributed by atoms with van der Waals surface area (Å²) in [7, 11) is 0. The summed E-state index contributed by atoms with van der Waals surface area (Å²) in [6, 6.07) is 49.6. The lowest BCUT2D eigenvalue weighted by Gasteiger charge is -2.13. The highest BCUT2D eigenvalue weighted by Gasteiger charge is 2.20. The molecule has 0 amide bonds. The van der Waals surface area contributed by atoms with Crippen molar-refractivity contribution in [1.29, 1.82) is 0 Å². The zero-order valence-corrected chi connectivity index (χ0v) is 24.3. The lowest BCUT2D eigenvalue weighted by atomic mass is 9.95. The number of hydrogen-bond acceptors (Lipinski definition) is 2. The highest BCUT2D eigenvalue weighted by molar-refractivity contribution is 6.29. The molecule has 0 atom stereocenters. The number of fused-ring (bicyclic) bond motifs is 8. The van der Waals surface area contributed by atoms with Gasteiger partial charge in [-0.3, -0.25) is 0 Å². The van der Waals surface area contributed by atoms with E-state index >= 15 is 0 Å². The highest BCUT2D eigenvalue weighted by Crippen LogP contribution is 2.42. The first kappa shape index (κ1) is 24.8. The van der Waals surface area contributed by atoms with Crippen molar-refractivity contribution in [3.05, 3.63) is 140 Å². The lowest BCUT2D eigenvalue weighted by molar-refractivity contribution is 0.796. The Kier molecular flexibility index (Phi) is 5.44. The van der Waals surface area contributed by atoms with Crippen LogP contribution in [-0.4, -0.2) is 19.1 Å². The Balaban J connectivity index is 1.37. The van der Waals surface area contributed by atoms with Crippen LogP contribution in [0.4, 0.5) is 0 Å². The third kappa shape index (κ3) is 3.58. The molecule has 0 N–H and O–H groups in total. The first-order valence-corrected chi connectivity index (χ1v) is 15.2. The smallest absolute Gasteiger partial charge is 0.141 e. The molecular formula is C40H28N4. The van der Waals surface area contributed by atoms with Crippen LogP contribution in [0.2, 0.25) is 0 Å². The third-order valence-corrected chi connectivity index (χ3v) is 8.88. The average molecular weight is 565 g/mol. The number of para-hydroxylation sites is 5. The van der Waals surface area contributed by atoms with E-state index in [2.05, 4.69) is 156 Å². The normalized spacial score (nSPS) is 11.8. The van der Waals surface area contributed by atoms with Gasteiger partial charge in [-0.1, -0.05) is 91.0 Å². The van der Waals surface area contributed by atoms with Crippen molar-refractivity contribution in [3.63, 3.8) is 0 Å². The zero-order valence-electron chi connectivity index (χ0n) is 24.3. The predicted octanol–water partition coefficient (Wildman–Crippen LogP) is 10.2. The summed E-state index contributed by atoms with van der Waals surface area (Å²) in [4.78, 5) is 10.4. The molecule has 0 bridgehead atoms. The first-order valence-electron chi connectivity index (χ1n) is 15.2. The summed E-state index contributed by atoms with van der Waals surface area (Å²) in [6.07, 6.45) is 0. The number of hydrogen-bond donors (Lipinski definition) is 0. The maximum Gasteiger partial charge on any atom is 0.141 e. The van der Waals surface area contributed by atoms with Crippen LogP contribution in [0.15, 0.2) is 140 Å². The Bertz CT molecular complexity index is 2540. The molecule has 44 heavy (non-hydrogen) atoms. The van der Waals surface area contributed by atoms with Crippen molar-refractivity contribution in [2.24, 2.45) is 0 Å². The van der Waals surface area contributed by atoms with Crippen LogP contribution in [0.3, 0.4) is 0 Å². The molecule has 0 aliphatic heterocycles. The van der Waals surface area contributed by atoms with E-state index in [1.54, 1.807) is 0 Å². The number of aryl methyl sites for hydroxylation is 1. The third-order valence-electron chi connectivity index (χ3n) is 8.88. The second-order valence-electron chi connectivity index (χ2n) is 11.3. The molecule has 0 spiro atoms.